The standard InChI is InChI=1S/C13H15BrN4O2/c14-9-2-3-11-10(6-9)13(20)18(8-17-11)7-12(19)16-5-1-4-15/h2-3,6,8H,1,4-5,7,15H2,(H,16,19). The van der Waals surface area contributed by atoms with Gasteiger partial charge >= 0.3 is 0 Å². The fourth-order valence-corrected chi connectivity index (χ4v) is 2.15. The summed E-state index contributed by atoms with van der Waals surface area (Å²) in [5.74, 6) is -0.225. The fourth-order valence-electron chi connectivity index (χ4n) is 1.78. The lowest BCUT2D eigenvalue weighted by atomic mass is 10.2. The number of hydrogen-bond acceptors (Lipinski definition) is 4. The van der Waals surface area contributed by atoms with Gasteiger partial charge in [-0.2, -0.15) is 0 Å². The van der Waals surface area contributed by atoms with Gasteiger partial charge in [0.15, 0.2) is 0 Å². The molecule has 106 valence electrons. The molecule has 0 bridgehead atoms. The van der Waals surface area contributed by atoms with Crippen molar-refractivity contribution in [3.05, 3.63) is 39.4 Å². The summed E-state index contributed by atoms with van der Waals surface area (Å²) in [5, 5.41) is 3.19. The molecule has 2 aromatic rings. The molecule has 1 amide bonds. The average molecular weight is 339 g/mol. The summed E-state index contributed by atoms with van der Waals surface area (Å²) in [4.78, 5) is 28.1. The van der Waals surface area contributed by atoms with Crippen LogP contribution < -0.4 is 16.6 Å². The van der Waals surface area contributed by atoms with E-state index in [-0.39, 0.29) is 18.0 Å². The van der Waals surface area contributed by atoms with Crippen LogP contribution in [0.1, 0.15) is 6.42 Å². The molecule has 3 N–H and O–H groups in total. The number of nitrogens with two attached hydrogens (primary N) is 1. The molecule has 0 aliphatic carbocycles. The molecule has 0 fully saturated rings. The predicted octanol–water partition coefficient (Wildman–Crippen LogP) is 0.624. The van der Waals surface area contributed by atoms with E-state index < -0.39 is 0 Å². The van der Waals surface area contributed by atoms with Crippen molar-refractivity contribution in [1.29, 1.82) is 0 Å². The highest BCUT2D eigenvalue weighted by Crippen LogP contribution is 2.14. The molecule has 2 rings (SSSR count). The van der Waals surface area contributed by atoms with Crippen LogP contribution >= 0.6 is 15.9 Å². The Balaban J connectivity index is 2.21. The van der Waals surface area contributed by atoms with E-state index in [1.807, 2.05) is 6.07 Å². The number of hydrogen-bond donors (Lipinski definition) is 2. The van der Waals surface area contributed by atoms with Gasteiger partial charge in [0.1, 0.15) is 6.54 Å². The highest BCUT2D eigenvalue weighted by Gasteiger charge is 2.08. The molecule has 0 unspecified atom stereocenters. The molecule has 0 saturated heterocycles. The third kappa shape index (κ3) is 3.43. The number of aromatic nitrogens is 2. The minimum atomic E-state index is -0.231. The van der Waals surface area contributed by atoms with E-state index in [1.165, 1.54) is 10.9 Å². The van der Waals surface area contributed by atoms with Gasteiger partial charge in [0.2, 0.25) is 5.91 Å². The zero-order valence-electron chi connectivity index (χ0n) is 10.8. The molecule has 0 aliphatic heterocycles. The van der Waals surface area contributed by atoms with E-state index >= 15 is 0 Å². The van der Waals surface area contributed by atoms with Crippen molar-refractivity contribution in [2.24, 2.45) is 5.73 Å². The summed E-state index contributed by atoms with van der Waals surface area (Å²) in [7, 11) is 0. The van der Waals surface area contributed by atoms with E-state index in [9.17, 15) is 9.59 Å². The Morgan fingerprint density at radius 3 is 3.00 bits per heavy atom. The van der Waals surface area contributed by atoms with Crippen molar-refractivity contribution in [3.8, 4) is 0 Å². The van der Waals surface area contributed by atoms with E-state index in [2.05, 4.69) is 26.2 Å². The van der Waals surface area contributed by atoms with Crippen LogP contribution in [0.25, 0.3) is 10.9 Å². The molecule has 0 spiro atoms. The van der Waals surface area contributed by atoms with Crippen molar-refractivity contribution < 1.29 is 4.79 Å². The molecule has 0 atom stereocenters. The molecule has 1 aromatic heterocycles. The Morgan fingerprint density at radius 2 is 2.25 bits per heavy atom. The maximum atomic E-state index is 12.2. The number of fused-ring (bicyclic) bond motifs is 1. The van der Waals surface area contributed by atoms with Gasteiger partial charge in [0.05, 0.1) is 17.2 Å². The number of carbonyl (C=O) groups excluding carboxylic acids is 1. The summed E-state index contributed by atoms with van der Waals surface area (Å²) in [5.41, 5.74) is 5.72. The van der Waals surface area contributed by atoms with Gasteiger partial charge < -0.3 is 11.1 Å². The number of benzene rings is 1. The molecule has 0 saturated carbocycles. The SMILES string of the molecule is NCCCNC(=O)Cn1cnc2ccc(Br)cc2c1=O. The van der Waals surface area contributed by atoms with Crippen LogP contribution in [0, 0.1) is 0 Å². The third-order valence-corrected chi connectivity index (χ3v) is 3.30. The van der Waals surface area contributed by atoms with Crippen molar-refractivity contribution in [3.63, 3.8) is 0 Å². The highest BCUT2D eigenvalue weighted by atomic mass is 79.9. The highest BCUT2D eigenvalue weighted by molar-refractivity contribution is 9.10. The van der Waals surface area contributed by atoms with Gasteiger partial charge in [0, 0.05) is 11.0 Å². The second-order valence-corrected chi connectivity index (χ2v) is 5.25. The molecule has 0 radical (unpaired) electrons. The van der Waals surface area contributed by atoms with Crippen molar-refractivity contribution in [2.45, 2.75) is 13.0 Å². The van der Waals surface area contributed by atoms with Gasteiger partial charge in [-0.05, 0) is 31.2 Å². The normalized spacial score (nSPS) is 10.7. The van der Waals surface area contributed by atoms with Crippen LogP contribution in [0.2, 0.25) is 0 Å². The summed E-state index contributed by atoms with van der Waals surface area (Å²) in [6.07, 6.45) is 2.10. The minimum Gasteiger partial charge on any atom is -0.355 e. The lowest BCUT2D eigenvalue weighted by Crippen LogP contribution is -2.33. The van der Waals surface area contributed by atoms with Crippen LogP contribution in [-0.4, -0.2) is 28.5 Å². The van der Waals surface area contributed by atoms with Crippen molar-refractivity contribution in [1.82, 2.24) is 14.9 Å². The van der Waals surface area contributed by atoms with Crippen LogP contribution in [0.5, 0.6) is 0 Å². The number of nitrogens with one attached hydrogen (secondary N) is 1. The van der Waals surface area contributed by atoms with Gasteiger partial charge in [-0.3, -0.25) is 14.2 Å². The Hall–Kier alpha value is -1.73. The molecule has 20 heavy (non-hydrogen) atoms. The Kier molecular flexibility index (Phi) is 4.86. The molecular formula is C13H15BrN4O2. The van der Waals surface area contributed by atoms with Crippen LogP contribution in [0.4, 0.5) is 0 Å². The first kappa shape index (κ1) is 14.7. The molecule has 1 aromatic carbocycles. The Labute approximate surface area is 124 Å². The second-order valence-electron chi connectivity index (χ2n) is 4.33. The number of nitrogens with zero attached hydrogens (tertiary/aromatic N) is 2. The van der Waals surface area contributed by atoms with Gasteiger partial charge in [-0.15, -0.1) is 0 Å². The molecule has 1 heterocycles. The molecule has 6 nitrogen and oxygen atoms in total. The maximum Gasteiger partial charge on any atom is 0.261 e. The monoisotopic (exact) mass is 338 g/mol. The third-order valence-electron chi connectivity index (χ3n) is 2.80. The zero-order chi connectivity index (χ0) is 14.5. The second kappa shape index (κ2) is 6.62. The number of rotatable bonds is 5. The summed E-state index contributed by atoms with van der Waals surface area (Å²) < 4.78 is 2.10. The van der Waals surface area contributed by atoms with Crippen LogP contribution in [0.3, 0.4) is 0 Å². The quantitative estimate of drug-likeness (QED) is 0.782. The van der Waals surface area contributed by atoms with E-state index in [0.29, 0.717) is 30.4 Å². The predicted molar refractivity (Wildman–Crippen MR) is 80.4 cm³/mol. The summed E-state index contributed by atoms with van der Waals surface area (Å²) in [6.45, 7) is 0.987. The summed E-state index contributed by atoms with van der Waals surface area (Å²) >= 11 is 3.32. The van der Waals surface area contributed by atoms with Crippen LogP contribution in [0.15, 0.2) is 33.8 Å². The van der Waals surface area contributed by atoms with E-state index in [4.69, 9.17) is 5.73 Å². The molecular weight excluding hydrogens is 324 g/mol. The minimum absolute atomic E-state index is 0.0428. The van der Waals surface area contributed by atoms with Crippen LogP contribution in [-0.2, 0) is 11.3 Å². The number of halogens is 1. The average Bonchev–Trinajstić information content (AvgIpc) is 2.43. The summed E-state index contributed by atoms with van der Waals surface area (Å²) in [6, 6.07) is 5.28. The first-order valence-corrected chi connectivity index (χ1v) is 7.02. The lowest BCUT2D eigenvalue weighted by molar-refractivity contribution is -0.121. The topological polar surface area (TPSA) is 90.0 Å². The first-order valence-electron chi connectivity index (χ1n) is 6.23. The van der Waals surface area contributed by atoms with Crippen molar-refractivity contribution >= 4 is 32.7 Å². The molecule has 7 heteroatoms. The number of carbonyl (C=O) groups is 1. The Morgan fingerprint density at radius 1 is 1.45 bits per heavy atom. The lowest BCUT2D eigenvalue weighted by Gasteiger charge is -2.07. The smallest absolute Gasteiger partial charge is 0.261 e. The maximum absolute atomic E-state index is 12.2. The van der Waals surface area contributed by atoms with Gasteiger partial charge in [-0.1, -0.05) is 15.9 Å². The largest absolute Gasteiger partial charge is 0.355 e. The van der Waals surface area contributed by atoms with Gasteiger partial charge in [-0.25, -0.2) is 4.98 Å². The zero-order valence-corrected chi connectivity index (χ0v) is 12.4. The molecule has 0 aliphatic rings. The van der Waals surface area contributed by atoms with Crippen molar-refractivity contribution in [2.75, 3.05) is 13.1 Å². The van der Waals surface area contributed by atoms with E-state index in [0.717, 1.165) is 4.47 Å². The first-order chi connectivity index (χ1) is 9.61. The number of amides is 1. The van der Waals surface area contributed by atoms with E-state index in [1.54, 1.807) is 12.1 Å². The fraction of sp³-hybridized carbons (Fsp3) is 0.308. The Bertz CT molecular complexity index is 684. The van der Waals surface area contributed by atoms with Gasteiger partial charge in [0.25, 0.3) is 5.56 Å².